The Morgan fingerprint density at radius 1 is 1.43 bits per heavy atom. The summed E-state index contributed by atoms with van der Waals surface area (Å²) in [7, 11) is 0. The molecule has 4 heteroatoms. The molecule has 0 atom stereocenters. The summed E-state index contributed by atoms with van der Waals surface area (Å²) in [6.07, 6.45) is 0. The molecule has 0 saturated carbocycles. The second-order valence-corrected chi connectivity index (χ2v) is 4.72. The van der Waals surface area contributed by atoms with Gasteiger partial charge >= 0.3 is 0 Å². The molecule has 0 unspecified atom stereocenters. The third-order valence-corrected chi connectivity index (χ3v) is 2.52. The van der Waals surface area contributed by atoms with Crippen molar-refractivity contribution in [3.63, 3.8) is 0 Å². The van der Waals surface area contributed by atoms with Gasteiger partial charge in [-0.3, -0.25) is 0 Å². The fourth-order valence-electron chi connectivity index (χ4n) is 1.27. The molecule has 0 amide bonds. The van der Waals surface area contributed by atoms with E-state index >= 15 is 0 Å². The molecule has 0 aliphatic rings. The van der Waals surface area contributed by atoms with Crippen LogP contribution in [0.3, 0.4) is 0 Å². The molecule has 0 radical (unpaired) electrons. The maximum atomic E-state index is 9.75. The molecule has 0 spiro atoms. The highest BCUT2D eigenvalue weighted by Crippen LogP contribution is 2.22. The van der Waals surface area contributed by atoms with Gasteiger partial charge in [-0.15, -0.1) is 0 Å². The van der Waals surface area contributed by atoms with Gasteiger partial charge in [0.25, 0.3) is 0 Å². The Balaban J connectivity index is 2.63. The fourth-order valence-corrected chi connectivity index (χ4v) is 1.63. The molecule has 14 heavy (non-hydrogen) atoms. The molecular formula is C10H11BrN2O. The zero-order valence-electron chi connectivity index (χ0n) is 8.00. The number of halogens is 1. The van der Waals surface area contributed by atoms with E-state index in [1.807, 2.05) is 18.2 Å². The van der Waals surface area contributed by atoms with Gasteiger partial charge < -0.3 is 10.1 Å². The number of aromatic amines is 1. The van der Waals surface area contributed by atoms with Crippen LogP contribution in [0.15, 0.2) is 22.7 Å². The van der Waals surface area contributed by atoms with Crippen molar-refractivity contribution in [3.05, 3.63) is 28.5 Å². The normalized spacial score (nSPS) is 12.3. The molecule has 0 aliphatic carbocycles. The summed E-state index contributed by atoms with van der Waals surface area (Å²) in [6, 6.07) is 5.78. The first-order chi connectivity index (χ1) is 6.47. The summed E-state index contributed by atoms with van der Waals surface area (Å²) >= 11 is 3.38. The van der Waals surface area contributed by atoms with Crippen molar-refractivity contribution >= 4 is 27.0 Å². The van der Waals surface area contributed by atoms with Crippen LogP contribution in [-0.2, 0) is 5.60 Å². The van der Waals surface area contributed by atoms with Crippen molar-refractivity contribution in [3.8, 4) is 0 Å². The SMILES string of the molecule is CC(C)(O)c1nc2ccc(Br)cc2[nH]1. The van der Waals surface area contributed by atoms with Gasteiger partial charge in [0.15, 0.2) is 0 Å². The molecule has 1 aromatic heterocycles. The first kappa shape index (κ1) is 9.68. The zero-order chi connectivity index (χ0) is 10.3. The number of H-pyrrole nitrogens is 1. The first-order valence-electron chi connectivity index (χ1n) is 4.35. The van der Waals surface area contributed by atoms with E-state index in [1.165, 1.54) is 0 Å². The lowest BCUT2D eigenvalue weighted by molar-refractivity contribution is 0.0700. The summed E-state index contributed by atoms with van der Waals surface area (Å²) < 4.78 is 0.996. The molecule has 0 fully saturated rings. The lowest BCUT2D eigenvalue weighted by Crippen LogP contribution is -2.17. The number of imidazole rings is 1. The number of hydrogen-bond donors (Lipinski definition) is 2. The van der Waals surface area contributed by atoms with Crippen LogP contribution in [0, 0.1) is 0 Å². The summed E-state index contributed by atoms with van der Waals surface area (Å²) in [4.78, 5) is 7.38. The Labute approximate surface area is 90.3 Å². The van der Waals surface area contributed by atoms with Gasteiger partial charge in [-0.25, -0.2) is 4.98 Å². The minimum atomic E-state index is -0.925. The number of nitrogens with one attached hydrogen (secondary N) is 1. The molecule has 2 N–H and O–H groups in total. The van der Waals surface area contributed by atoms with Crippen LogP contribution in [0.2, 0.25) is 0 Å². The van der Waals surface area contributed by atoms with E-state index in [-0.39, 0.29) is 0 Å². The lowest BCUT2D eigenvalue weighted by atomic mass is 10.1. The molecule has 3 nitrogen and oxygen atoms in total. The number of fused-ring (bicyclic) bond motifs is 1. The number of nitrogens with zero attached hydrogens (tertiary/aromatic N) is 1. The Morgan fingerprint density at radius 2 is 2.14 bits per heavy atom. The van der Waals surface area contributed by atoms with E-state index in [9.17, 15) is 5.11 Å². The van der Waals surface area contributed by atoms with Crippen LogP contribution in [0.1, 0.15) is 19.7 Å². The van der Waals surface area contributed by atoms with Crippen molar-refractivity contribution in [2.24, 2.45) is 0 Å². The van der Waals surface area contributed by atoms with Gasteiger partial charge in [0.2, 0.25) is 0 Å². The van der Waals surface area contributed by atoms with Crippen LogP contribution in [-0.4, -0.2) is 15.1 Å². The van der Waals surface area contributed by atoms with Gasteiger partial charge in [-0.05, 0) is 32.0 Å². The average molecular weight is 255 g/mol. The Kier molecular flexibility index (Phi) is 2.12. The third kappa shape index (κ3) is 1.67. The van der Waals surface area contributed by atoms with Crippen molar-refractivity contribution in [1.82, 2.24) is 9.97 Å². The van der Waals surface area contributed by atoms with E-state index in [2.05, 4.69) is 25.9 Å². The van der Waals surface area contributed by atoms with E-state index in [0.717, 1.165) is 15.5 Å². The lowest BCUT2D eigenvalue weighted by Gasteiger charge is -2.12. The van der Waals surface area contributed by atoms with Gasteiger partial charge in [0, 0.05) is 4.47 Å². The first-order valence-corrected chi connectivity index (χ1v) is 5.14. The molecule has 74 valence electrons. The third-order valence-electron chi connectivity index (χ3n) is 2.02. The van der Waals surface area contributed by atoms with Gasteiger partial charge in [-0.2, -0.15) is 0 Å². The Bertz CT molecular complexity index is 470. The fraction of sp³-hybridized carbons (Fsp3) is 0.300. The molecule has 0 aliphatic heterocycles. The maximum absolute atomic E-state index is 9.75. The molecule has 0 saturated heterocycles. The van der Waals surface area contributed by atoms with Crippen LogP contribution in [0.4, 0.5) is 0 Å². The predicted octanol–water partition coefficient (Wildman–Crippen LogP) is 2.55. The summed E-state index contributed by atoms with van der Waals surface area (Å²) in [5.41, 5.74) is 0.868. The predicted molar refractivity (Wildman–Crippen MR) is 59.0 cm³/mol. The monoisotopic (exact) mass is 254 g/mol. The van der Waals surface area contributed by atoms with Crippen molar-refractivity contribution in [1.29, 1.82) is 0 Å². The average Bonchev–Trinajstić information content (AvgIpc) is 2.45. The second kappa shape index (κ2) is 3.07. The minimum absolute atomic E-state index is 0.589. The highest BCUT2D eigenvalue weighted by molar-refractivity contribution is 9.10. The van der Waals surface area contributed by atoms with Gasteiger partial charge in [0.1, 0.15) is 11.4 Å². The van der Waals surface area contributed by atoms with Crippen LogP contribution in [0.5, 0.6) is 0 Å². The largest absolute Gasteiger partial charge is 0.383 e. The smallest absolute Gasteiger partial charge is 0.138 e. The van der Waals surface area contributed by atoms with Crippen molar-refractivity contribution in [2.75, 3.05) is 0 Å². The van der Waals surface area contributed by atoms with Gasteiger partial charge in [-0.1, -0.05) is 15.9 Å². The van der Waals surface area contributed by atoms with Crippen LogP contribution < -0.4 is 0 Å². The Hall–Kier alpha value is -0.870. The van der Waals surface area contributed by atoms with Crippen LogP contribution >= 0.6 is 15.9 Å². The number of benzene rings is 1. The molecular weight excluding hydrogens is 244 g/mol. The highest BCUT2D eigenvalue weighted by Gasteiger charge is 2.20. The Morgan fingerprint density at radius 3 is 2.79 bits per heavy atom. The van der Waals surface area contributed by atoms with Crippen LogP contribution in [0.25, 0.3) is 11.0 Å². The standard InChI is InChI=1S/C10H11BrN2O/c1-10(2,14)9-12-7-4-3-6(11)5-8(7)13-9/h3-5,14H,1-2H3,(H,12,13). The highest BCUT2D eigenvalue weighted by atomic mass is 79.9. The van der Waals surface area contributed by atoms with E-state index in [0.29, 0.717) is 5.82 Å². The van der Waals surface area contributed by atoms with E-state index < -0.39 is 5.60 Å². The quantitative estimate of drug-likeness (QED) is 0.822. The van der Waals surface area contributed by atoms with E-state index in [1.54, 1.807) is 13.8 Å². The number of hydrogen-bond acceptors (Lipinski definition) is 2. The van der Waals surface area contributed by atoms with Crippen molar-refractivity contribution < 1.29 is 5.11 Å². The van der Waals surface area contributed by atoms with Crippen molar-refractivity contribution in [2.45, 2.75) is 19.4 Å². The number of aliphatic hydroxyl groups is 1. The number of rotatable bonds is 1. The molecule has 2 aromatic rings. The van der Waals surface area contributed by atoms with E-state index in [4.69, 9.17) is 0 Å². The molecule has 2 rings (SSSR count). The molecule has 1 heterocycles. The number of aromatic nitrogens is 2. The summed E-state index contributed by atoms with van der Waals surface area (Å²) in [6.45, 7) is 3.42. The maximum Gasteiger partial charge on any atom is 0.138 e. The minimum Gasteiger partial charge on any atom is -0.383 e. The molecule has 1 aromatic carbocycles. The molecule has 0 bridgehead atoms. The van der Waals surface area contributed by atoms with Gasteiger partial charge in [0.05, 0.1) is 11.0 Å². The zero-order valence-corrected chi connectivity index (χ0v) is 9.59. The summed E-state index contributed by atoms with van der Waals surface area (Å²) in [5.74, 6) is 0.589. The topological polar surface area (TPSA) is 48.9 Å². The second-order valence-electron chi connectivity index (χ2n) is 3.81. The summed E-state index contributed by atoms with van der Waals surface area (Å²) in [5, 5.41) is 9.75.